The number of aromatic nitrogens is 3. The summed E-state index contributed by atoms with van der Waals surface area (Å²) in [4.78, 5) is 15.2. The minimum absolute atomic E-state index is 0.0370. The maximum Gasteiger partial charge on any atom is 0.253 e. The van der Waals surface area contributed by atoms with Crippen molar-refractivity contribution in [1.29, 1.82) is 0 Å². The fraction of sp³-hybridized carbons (Fsp3) is 0.360. The van der Waals surface area contributed by atoms with Crippen molar-refractivity contribution in [2.24, 2.45) is 5.10 Å². The molecule has 2 aliphatic heterocycles. The van der Waals surface area contributed by atoms with Crippen LogP contribution in [-0.2, 0) is 4.79 Å². The molecule has 0 radical (unpaired) electrons. The first-order valence-corrected chi connectivity index (χ1v) is 12.6. The van der Waals surface area contributed by atoms with Crippen molar-refractivity contribution >= 4 is 29.3 Å². The number of thioether (sulfide) groups is 1. The van der Waals surface area contributed by atoms with Gasteiger partial charge in [-0.3, -0.25) is 9.36 Å². The lowest BCUT2D eigenvalue weighted by Crippen LogP contribution is -2.31. The molecular weight excluding hydrogens is 448 g/mol. The number of anilines is 1. The van der Waals surface area contributed by atoms with Crippen molar-refractivity contribution in [1.82, 2.24) is 19.8 Å². The van der Waals surface area contributed by atoms with Crippen LogP contribution in [0, 0.1) is 0 Å². The number of ether oxygens (including phenoxy) is 1. The molecule has 0 bridgehead atoms. The van der Waals surface area contributed by atoms with Crippen molar-refractivity contribution in [2.75, 3.05) is 37.4 Å². The zero-order valence-electron chi connectivity index (χ0n) is 19.3. The van der Waals surface area contributed by atoms with Gasteiger partial charge in [-0.25, -0.2) is 5.01 Å². The monoisotopic (exact) mass is 476 g/mol. The predicted molar refractivity (Wildman–Crippen MR) is 134 cm³/mol. The number of methoxy groups -OCH3 is 1. The minimum Gasteiger partial charge on any atom is -0.495 e. The molecule has 34 heavy (non-hydrogen) atoms. The van der Waals surface area contributed by atoms with E-state index in [0.717, 1.165) is 61.0 Å². The summed E-state index contributed by atoms with van der Waals surface area (Å²) in [5.41, 5.74) is 2.88. The number of piperidine rings is 1. The second-order valence-corrected chi connectivity index (χ2v) is 9.25. The summed E-state index contributed by atoms with van der Waals surface area (Å²) < 4.78 is 7.65. The molecule has 0 unspecified atom stereocenters. The first-order valence-electron chi connectivity index (χ1n) is 11.6. The fourth-order valence-electron chi connectivity index (χ4n) is 4.35. The van der Waals surface area contributed by atoms with Crippen LogP contribution < -0.4 is 9.64 Å². The quantitative estimate of drug-likeness (QED) is 0.480. The zero-order valence-corrected chi connectivity index (χ0v) is 20.1. The van der Waals surface area contributed by atoms with Gasteiger partial charge in [0.05, 0.1) is 30.8 Å². The molecule has 0 spiro atoms. The zero-order chi connectivity index (χ0) is 23.3. The number of amides is 1. The molecule has 8 nitrogen and oxygen atoms in total. The summed E-state index contributed by atoms with van der Waals surface area (Å²) in [5.74, 6) is 1.74. The Hall–Kier alpha value is -3.33. The summed E-state index contributed by atoms with van der Waals surface area (Å²) in [5, 5.41) is 15.8. The number of carbonyl (C=O) groups excluding carboxylic acids is 1. The van der Waals surface area contributed by atoms with Gasteiger partial charge in [-0.05, 0) is 37.0 Å². The molecule has 1 amide bonds. The minimum atomic E-state index is -0.0370. The van der Waals surface area contributed by atoms with Crippen LogP contribution in [0.4, 0.5) is 5.95 Å². The molecule has 5 rings (SSSR count). The highest BCUT2D eigenvalue weighted by Gasteiger charge is 2.26. The number of hydrazone groups is 1. The van der Waals surface area contributed by atoms with Crippen molar-refractivity contribution in [2.45, 2.75) is 30.8 Å². The topological polar surface area (TPSA) is 75.8 Å². The molecule has 1 saturated heterocycles. The maximum absolute atomic E-state index is 13.0. The average molecular weight is 477 g/mol. The Morgan fingerprint density at radius 3 is 2.53 bits per heavy atom. The molecular formula is C25H28N6O2S. The van der Waals surface area contributed by atoms with E-state index in [2.05, 4.69) is 20.2 Å². The molecule has 3 aromatic rings. The van der Waals surface area contributed by atoms with E-state index >= 15 is 0 Å². The molecule has 2 aliphatic rings. The van der Waals surface area contributed by atoms with Gasteiger partial charge in [-0.15, -0.1) is 10.2 Å². The van der Waals surface area contributed by atoms with E-state index in [1.54, 1.807) is 12.1 Å². The van der Waals surface area contributed by atoms with E-state index in [-0.39, 0.29) is 11.7 Å². The molecule has 176 valence electrons. The lowest BCUT2D eigenvalue weighted by atomic mass is 10.1. The number of carbonyl (C=O) groups is 1. The summed E-state index contributed by atoms with van der Waals surface area (Å²) in [6.07, 6.45) is 4.26. The molecule has 9 heteroatoms. The van der Waals surface area contributed by atoms with Gasteiger partial charge in [0, 0.05) is 19.5 Å². The van der Waals surface area contributed by atoms with Crippen LogP contribution >= 0.6 is 11.8 Å². The van der Waals surface area contributed by atoms with Gasteiger partial charge in [-0.1, -0.05) is 54.2 Å². The average Bonchev–Trinajstić information content (AvgIpc) is 3.56. The van der Waals surface area contributed by atoms with E-state index in [9.17, 15) is 4.79 Å². The SMILES string of the molecule is COc1ccccc1-n1c(SCC(=O)N2CCC(c3ccccc3)=N2)nnc1N1CCCCC1. The van der Waals surface area contributed by atoms with Gasteiger partial charge in [0.1, 0.15) is 5.75 Å². The molecule has 0 N–H and O–H groups in total. The smallest absolute Gasteiger partial charge is 0.253 e. The molecule has 1 fully saturated rings. The number of rotatable bonds is 7. The van der Waals surface area contributed by atoms with Crippen LogP contribution in [0.25, 0.3) is 5.69 Å². The Morgan fingerprint density at radius 1 is 0.971 bits per heavy atom. The standard InChI is InChI=1S/C25H28N6O2S/c1-33-22-13-7-6-12-21(22)31-24(29-15-8-3-9-16-29)26-27-25(31)34-18-23(32)30-17-14-20(28-30)19-10-4-2-5-11-19/h2,4-7,10-13H,3,8-9,14-18H2,1H3. The van der Waals surface area contributed by atoms with Crippen molar-refractivity contribution < 1.29 is 9.53 Å². The first kappa shape index (κ1) is 22.5. The Kier molecular flexibility index (Phi) is 6.80. The number of nitrogens with zero attached hydrogens (tertiary/aromatic N) is 6. The van der Waals surface area contributed by atoms with Crippen molar-refractivity contribution in [3.8, 4) is 11.4 Å². The Morgan fingerprint density at radius 2 is 1.74 bits per heavy atom. The van der Waals surface area contributed by atoms with E-state index in [1.165, 1.54) is 18.2 Å². The van der Waals surface area contributed by atoms with Crippen LogP contribution in [0.3, 0.4) is 0 Å². The highest BCUT2D eigenvalue weighted by molar-refractivity contribution is 7.99. The lowest BCUT2D eigenvalue weighted by Gasteiger charge is -2.28. The van der Waals surface area contributed by atoms with Gasteiger partial charge in [0.25, 0.3) is 5.91 Å². The van der Waals surface area contributed by atoms with Crippen LogP contribution in [0.15, 0.2) is 64.9 Å². The highest BCUT2D eigenvalue weighted by atomic mass is 32.2. The third-order valence-corrected chi connectivity index (χ3v) is 7.02. The molecule has 1 aromatic heterocycles. The van der Waals surface area contributed by atoms with Gasteiger partial charge >= 0.3 is 0 Å². The Bertz CT molecular complexity index is 1170. The summed E-state index contributed by atoms with van der Waals surface area (Å²) in [7, 11) is 1.66. The van der Waals surface area contributed by atoms with Crippen molar-refractivity contribution in [3.05, 3.63) is 60.2 Å². The number of hydrogen-bond acceptors (Lipinski definition) is 7. The van der Waals surface area contributed by atoms with Crippen molar-refractivity contribution in [3.63, 3.8) is 0 Å². The Balaban J connectivity index is 1.37. The lowest BCUT2D eigenvalue weighted by molar-refractivity contribution is -0.127. The van der Waals surface area contributed by atoms with Crippen LogP contribution in [0.2, 0.25) is 0 Å². The second-order valence-electron chi connectivity index (χ2n) is 8.31. The molecule has 0 atom stereocenters. The van der Waals surface area contributed by atoms with Crippen LogP contribution in [-0.4, -0.2) is 63.9 Å². The number of para-hydroxylation sites is 2. The molecule has 0 aliphatic carbocycles. The third kappa shape index (κ3) is 4.65. The number of hydrogen-bond donors (Lipinski definition) is 0. The summed E-state index contributed by atoms with van der Waals surface area (Å²) in [6.45, 7) is 2.49. The molecule has 3 heterocycles. The van der Waals surface area contributed by atoms with Gasteiger partial charge < -0.3 is 9.64 Å². The highest BCUT2D eigenvalue weighted by Crippen LogP contribution is 2.33. The maximum atomic E-state index is 13.0. The normalized spacial score (nSPS) is 16.0. The third-order valence-electron chi connectivity index (χ3n) is 6.10. The van der Waals surface area contributed by atoms with Crippen LogP contribution in [0.1, 0.15) is 31.2 Å². The molecule has 0 saturated carbocycles. The first-order chi connectivity index (χ1) is 16.7. The van der Waals surface area contributed by atoms with Gasteiger partial charge in [-0.2, -0.15) is 5.10 Å². The van der Waals surface area contributed by atoms with Gasteiger partial charge in [0.15, 0.2) is 5.16 Å². The van der Waals surface area contributed by atoms with E-state index < -0.39 is 0 Å². The summed E-state index contributed by atoms with van der Waals surface area (Å²) >= 11 is 1.38. The Labute approximate surface area is 203 Å². The van der Waals surface area contributed by atoms with E-state index in [1.807, 2.05) is 59.2 Å². The predicted octanol–water partition coefficient (Wildman–Crippen LogP) is 3.99. The van der Waals surface area contributed by atoms with Gasteiger partial charge in [0.2, 0.25) is 5.95 Å². The second kappa shape index (κ2) is 10.3. The van der Waals surface area contributed by atoms with Crippen LogP contribution in [0.5, 0.6) is 5.75 Å². The fourth-order valence-corrected chi connectivity index (χ4v) is 5.16. The van der Waals surface area contributed by atoms with E-state index in [4.69, 9.17) is 4.74 Å². The number of benzene rings is 2. The molecule has 2 aromatic carbocycles. The largest absolute Gasteiger partial charge is 0.495 e. The summed E-state index contributed by atoms with van der Waals surface area (Å²) in [6, 6.07) is 17.9. The van der Waals surface area contributed by atoms with E-state index in [0.29, 0.717) is 11.7 Å².